The summed E-state index contributed by atoms with van der Waals surface area (Å²) in [5, 5.41) is 0.613. The van der Waals surface area contributed by atoms with Gasteiger partial charge in [0, 0.05) is 6.54 Å². The van der Waals surface area contributed by atoms with Gasteiger partial charge in [0.15, 0.2) is 0 Å². The Bertz CT molecular complexity index is 991. The Morgan fingerprint density at radius 2 is 1.80 bits per heavy atom. The van der Waals surface area contributed by atoms with Crippen LogP contribution in [0.4, 0.5) is 0 Å². The molecule has 0 spiro atoms. The largest absolute Gasteiger partial charge is 0.497 e. The van der Waals surface area contributed by atoms with Crippen molar-refractivity contribution in [2.45, 2.75) is 13.0 Å². The molecule has 0 saturated carbocycles. The van der Waals surface area contributed by atoms with Crippen LogP contribution < -0.4 is 20.9 Å². The van der Waals surface area contributed by atoms with Gasteiger partial charge in [-0.3, -0.25) is 4.57 Å². The lowest BCUT2D eigenvalue weighted by Gasteiger charge is -2.10. The summed E-state index contributed by atoms with van der Waals surface area (Å²) in [4.78, 5) is 23.8. The summed E-state index contributed by atoms with van der Waals surface area (Å²) in [6.07, 6.45) is 0.542. The zero-order valence-corrected chi connectivity index (χ0v) is 14.3. The molecule has 6 nitrogen and oxygen atoms in total. The lowest BCUT2D eigenvalue weighted by molar-refractivity contribution is 0.296. The standard InChI is InChI=1S/C18H16ClNO5/c1-23-12-6-8-13(9-7-12)24-11-3-10-20-16-14(4-2-5-15(16)19)17(21)25-18(20)22/h2,4-9H,3,10-11H2,1H3. The molecule has 130 valence electrons. The van der Waals surface area contributed by atoms with E-state index in [0.717, 1.165) is 5.75 Å². The summed E-state index contributed by atoms with van der Waals surface area (Å²) in [7, 11) is 1.60. The number of para-hydroxylation sites is 1. The fraction of sp³-hybridized carbons (Fsp3) is 0.222. The molecule has 3 rings (SSSR count). The molecule has 0 fully saturated rings. The fourth-order valence-electron chi connectivity index (χ4n) is 2.52. The van der Waals surface area contributed by atoms with Crippen molar-refractivity contribution in [3.63, 3.8) is 0 Å². The zero-order valence-electron chi connectivity index (χ0n) is 13.5. The van der Waals surface area contributed by atoms with Gasteiger partial charge < -0.3 is 13.9 Å². The topological polar surface area (TPSA) is 70.7 Å². The number of methoxy groups -OCH3 is 1. The molecule has 7 heteroatoms. The molecule has 25 heavy (non-hydrogen) atoms. The van der Waals surface area contributed by atoms with E-state index in [1.807, 2.05) is 0 Å². The lowest BCUT2D eigenvalue weighted by atomic mass is 10.2. The molecule has 0 bridgehead atoms. The second-order valence-corrected chi connectivity index (χ2v) is 5.73. The van der Waals surface area contributed by atoms with Crippen molar-refractivity contribution < 1.29 is 13.9 Å². The Morgan fingerprint density at radius 1 is 1.08 bits per heavy atom. The van der Waals surface area contributed by atoms with Crippen LogP contribution in [0.1, 0.15) is 6.42 Å². The molecule has 3 aromatic rings. The minimum atomic E-state index is -0.727. The number of hydrogen-bond acceptors (Lipinski definition) is 5. The number of ether oxygens (including phenoxy) is 2. The van der Waals surface area contributed by atoms with Gasteiger partial charge in [0.1, 0.15) is 11.5 Å². The highest BCUT2D eigenvalue weighted by molar-refractivity contribution is 6.35. The Morgan fingerprint density at radius 3 is 2.52 bits per heavy atom. The minimum Gasteiger partial charge on any atom is -0.497 e. The third kappa shape index (κ3) is 3.69. The average molecular weight is 362 g/mol. The zero-order chi connectivity index (χ0) is 17.8. The van der Waals surface area contributed by atoms with Crippen molar-refractivity contribution >= 4 is 22.5 Å². The summed E-state index contributed by atoms with van der Waals surface area (Å²) in [5.41, 5.74) is -0.303. The highest BCUT2D eigenvalue weighted by Crippen LogP contribution is 2.20. The number of halogens is 1. The van der Waals surface area contributed by atoms with E-state index in [2.05, 4.69) is 0 Å². The van der Waals surface area contributed by atoms with E-state index >= 15 is 0 Å². The van der Waals surface area contributed by atoms with Crippen molar-refractivity contribution in [1.29, 1.82) is 0 Å². The Labute approximate surface area is 148 Å². The molecule has 1 heterocycles. The number of fused-ring (bicyclic) bond motifs is 1. The summed E-state index contributed by atoms with van der Waals surface area (Å²) in [5.74, 6) is 0.727. The SMILES string of the molecule is COc1ccc(OCCCn2c(=O)oc(=O)c3cccc(Cl)c32)cc1. The summed E-state index contributed by atoms with van der Waals surface area (Å²) in [6.45, 7) is 0.711. The van der Waals surface area contributed by atoms with Crippen molar-refractivity contribution in [1.82, 2.24) is 4.57 Å². The van der Waals surface area contributed by atoms with E-state index in [4.69, 9.17) is 25.5 Å². The summed E-state index contributed by atoms with van der Waals surface area (Å²) < 4.78 is 16.8. The third-order valence-electron chi connectivity index (χ3n) is 3.73. The van der Waals surface area contributed by atoms with Crippen LogP contribution in [0, 0.1) is 0 Å². The maximum Gasteiger partial charge on any atom is 0.422 e. The van der Waals surface area contributed by atoms with E-state index < -0.39 is 11.4 Å². The normalized spacial score (nSPS) is 10.8. The molecule has 0 N–H and O–H groups in total. The predicted molar refractivity (Wildman–Crippen MR) is 94.9 cm³/mol. The van der Waals surface area contributed by atoms with Crippen LogP contribution in [0.3, 0.4) is 0 Å². The van der Waals surface area contributed by atoms with Crippen molar-refractivity contribution in [3.8, 4) is 11.5 Å². The van der Waals surface area contributed by atoms with E-state index in [9.17, 15) is 9.59 Å². The molecule has 0 radical (unpaired) electrons. The van der Waals surface area contributed by atoms with Crippen molar-refractivity contribution in [3.05, 3.63) is 68.5 Å². The third-order valence-corrected chi connectivity index (χ3v) is 4.04. The number of hydrogen-bond donors (Lipinski definition) is 0. The number of rotatable bonds is 6. The highest BCUT2D eigenvalue weighted by atomic mass is 35.5. The first kappa shape index (κ1) is 17.1. The average Bonchev–Trinajstić information content (AvgIpc) is 2.62. The molecule has 0 aliphatic heterocycles. The molecule has 2 aromatic carbocycles. The van der Waals surface area contributed by atoms with Gasteiger partial charge in [0.25, 0.3) is 0 Å². The van der Waals surface area contributed by atoms with E-state index in [1.165, 1.54) is 4.57 Å². The molecule has 0 saturated heterocycles. The van der Waals surface area contributed by atoms with Gasteiger partial charge in [0.2, 0.25) is 0 Å². The Hall–Kier alpha value is -2.73. The first-order chi connectivity index (χ1) is 12.1. The second kappa shape index (κ2) is 7.44. The fourth-order valence-corrected chi connectivity index (χ4v) is 2.80. The van der Waals surface area contributed by atoms with Crippen molar-refractivity contribution in [2.24, 2.45) is 0 Å². The highest BCUT2D eigenvalue weighted by Gasteiger charge is 2.12. The van der Waals surface area contributed by atoms with E-state index in [1.54, 1.807) is 49.6 Å². The Balaban J connectivity index is 1.73. The van der Waals surface area contributed by atoms with Crippen LogP contribution in [0.2, 0.25) is 5.02 Å². The van der Waals surface area contributed by atoms with Gasteiger partial charge in [0.05, 0.1) is 29.6 Å². The van der Waals surface area contributed by atoms with Gasteiger partial charge in [-0.1, -0.05) is 17.7 Å². The number of nitrogens with zero attached hydrogens (tertiary/aromatic N) is 1. The van der Waals surface area contributed by atoms with Gasteiger partial charge in [-0.15, -0.1) is 0 Å². The van der Waals surface area contributed by atoms with E-state index in [0.29, 0.717) is 35.9 Å². The maximum absolute atomic E-state index is 12.0. The van der Waals surface area contributed by atoms with Gasteiger partial charge in [-0.05, 0) is 42.8 Å². The predicted octanol–water partition coefficient (Wildman–Crippen LogP) is 3.09. The van der Waals surface area contributed by atoms with Crippen LogP contribution in [-0.4, -0.2) is 18.3 Å². The van der Waals surface area contributed by atoms with Gasteiger partial charge in [-0.25, -0.2) is 9.59 Å². The van der Waals surface area contributed by atoms with Gasteiger partial charge in [-0.2, -0.15) is 0 Å². The number of benzene rings is 2. The van der Waals surface area contributed by atoms with Crippen LogP contribution >= 0.6 is 11.6 Å². The summed E-state index contributed by atoms with van der Waals surface area (Å²) in [6, 6.07) is 12.1. The smallest absolute Gasteiger partial charge is 0.422 e. The van der Waals surface area contributed by atoms with Crippen LogP contribution in [0.5, 0.6) is 11.5 Å². The minimum absolute atomic E-state index is 0.281. The molecule has 0 amide bonds. The number of aryl methyl sites for hydroxylation is 1. The molecular weight excluding hydrogens is 346 g/mol. The molecule has 0 aliphatic rings. The lowest BCUT2D eigenvalue weighted by Crippen LogP contribution is -2.26. The van der Waals surface area contributed by atoms with Crippen molar-refractivity contribution in [2.75, 3.05) is 13.7 Å². The molecule has 0 unspecified atom stereocenters. The second-order valence-electron chi connectivity index (χ2n) is 5.32. The number of aromatic nitrogens is 1. The first-order valence-electron chi connectivity index (χ1n) is 7.69. The summed E-state index contributed by atoms with van der Waals surface area (Å²) >= 11 is 6.16. The first-order valence-corrected chi connectivity index (χ1v) is 8.07. The molecule has 1 aromatic heterocycles. The van der Waals surface area contributed by atoms with E-state index in [-0.39, 0.29) is 5.39 Å². The van der Waals surface area contributed by atoms with Crippen LogP contribution in [-0.2, 0) is 6.54 Å². The van der Waals surface area contributed by atoms with Crippen LogP contribution in [0.25, 0.3) is 10.9 Å². The quantitative estimate of drug-likeness (QED) is 0.631. The van der Waals surface area contributed by atoms with Gasteiger partial charge >= 0.3 is 11.4 Å². The molecular formula is C18H16ClNO5. The monoisotopic (exact) mass is 361 g/mol. The Kier molecular flexibility index (Phi) is 5.09. The molecule has 0 aliphatic carbocycles. The maximum atomic E-state index is 12.0. The van der Waals surface area contributed by atoms with Crippen LogP contribution in [0.15, 0.2) is 56.5 Å². The molecule has 0 atom stereocenters.